The second-order valence-corrected chi connectivity index (χ2v) is 5.17. The second-order valence-electron chi connectivity index (χ2n) is 4.09. The molecule has 1 heteroatoms. The minimum Gasteiger partial charge on any atom is -0.0880 e. The standard InChI is InChI=1S/C11H19I/c1-11(8-4-5-9-11)7-3-2-6-10-12/h3,7H,2,4-6,8-10H2,1H3/b7-3-. The summed E-state index contributed by atoms with van der Waals surface area (Å²) in [5, 5.41) is 0. The maximum Gasteiger partial charge on any atom is -0.000178 e. The maximum atomic E-state index is 2.46. The van der Waals surface area contributed by atoms with E-state index in [2.05, 4.69) is 41.7 Å². The fraction of sp³-hybridized carbons (Fsp3) is 0.818. The fourth-order valence-electron chi connectivity index (χ4n) is 1.91. The molecule has 0 bridgehead atoms. The van der Waals surface area contributed by atoms with Gasteiger partial charge in [0.05, 0.1) is 0 Å². The molecule has 70 valence electrons. The molecule has 1 aliphatic carbocycles. The molecule has 0 saturated heterocycles. The Hall–Kier alpha value is 0.470. The van der Waals surface area contributed by atoms with Gasteiger partial charge in [-0.3, -0.25) is 0 Å². The van der Waals surface area contributed by atoms with E-state index < -0.39 is 0 Å². The topological polar surface area (TPSA) is 0 Å². The van der Waals surface area contributed by atoms with Crippen LogP contribution < -0.4 is 0 Å². The lowest BCUT2D eigenvalue weighted by Crippen LogP contribution is -2.05. The monoisotopic (exact) mass is 278 g/mol. The van der Waals surface area contributed by atoms with Gasteiger partial charge in [-0.25, -0.2) is 0 Å². The zero-order valence-electron chi connectivity index (χ0n) is 7.98. The molecule has 0 unspecified atom stereocenters. The number of hydrogen-bond acceptors (Lipinski definition) is 0. The Balaban J connectivity index is 2.23. The minimum atomic E-state index is 0.561. The first-order valence-electron chi connectivity index (χ1n) is 5.00. The van der Waals surface area contributed by atoms with Gasteiger partial charge < -0.3 is 0 Å². The molecule has 0 N–H and O–H groups in total. The van der Waals surface area contributed by atoms with Crippen LogP contribution in [0.4, 0.5) is 0 Å². The van der Waals surface area contributed by atoms with E-state index in [0.29, 0.717) is 5.41 Å². The lowest BCUT2D eigenvalue weighted by Gasteiger charge is -2.17. The Kier molecular flexibility index (Phi) is 4.62. The van der Waals surface area contributed by atoms with Gasteiger partial charge in [-0.1, -0.05) is 54.5 Å². The van der Waals surface area contributed by atoms with E-state index in [-0.39, 0.29) is 0 Å². The second kappa shape index (κ2) is 5.25. The summed E-state index contributed by atoms with van der Waals surface area (Å²) in [5.74, 6) is 0. The molecule has 12 heavy (non-hydrogen) atoms. The van der Waals surface area contributed by atoms with Crippen molar-refractivity contribution in [1.82, 2.24) is 0 Å². The first-order valence-corrected chi connectivity index (χ1v) is 6.53. The number of unbranched alkanes of at least 4 members (excludes halogenated alkanes) is 1. The molecule has 0 amide bonds. The van der Waals surface area contributed by atoms with Crippen LogP contribution >= 0.6 is 22.6 Å². The van der Waals surface area contributed by atoms with Crippen LogP contribution in [-0.4, -0.2) is 4.43 Å². The third-order valence-corrected chi connectivity index (χ3v) is 3.53. The predicted molar refractivity (Wildman–Crippen MR) is 63.8 cm³/mol. The van der Waals surface area contributed by atoms with Gasteiger partial charge in [0, 0.05) is 0 Å². The molecule has 0 aromatic rings. The molecule has 0 aromatic heterocycles. The molecule has 0 radical (unpaired) electrons. The average Bonchev–Trinajstić information content (AvgIpc) is 2.47. The average molecular weight is 278 g/mol. The molecule has 0 aromatic carbocycles. The van der Waals surface area contributed by atoms with Gasteiger partial charge in [0.2, 0.25) is 0 Å². The van der Waals surface area contributed by atoms with E-state index in [1.807, 2.05) is 0 Å². The van der Waals surface area contributed by atoms with Crippen LogP contribution in [0.2, 0.25) is 0 Å². The first-order chi connectivity index (χ1) is 5.77. The number of alkyl halides is 1. The van der Waals surface area contributed by atoms with Gasteiger partial charge in [0.25, 0.3) is 0 Å². The highest BCUT2D eigenvalue weighted by Crippen LogP contribution is 2.38. The Morgan fingerprint density at radius 1 is 1.33 bits per heavy atom. The molecule has 1 aliphatic rings. The molecule has 1 saturated carbocycles. The van der Waals surface area contributed by atoms with Crippen molar-refractivity contribution in [1.29, 1.82) is 0 Å². The van der Waals surface area contributed by atoms with Crippen molar-refractivity contribution in [3.8, 4) is 0 Å². The smallest absolute Gasteiger partial charge is 0.000178 e. The summed E-state index contributed by atoms with van der Waals surface area (Å²) >= 11 is 2.45. The number of rotatable bonds is 4. The van der Waals surface area contributed by atoms with E-state index >= 15 is 0 Å². The van der Waals surface area contributed by atoms with E-state index in [9.17, 15) is 0 Å². The van der Waals surface area contributed by atoms with Crippen LogP contribution in [0.3, 0.4) is 0 Å². The first kappa shape index (κ1) is 10.6. The maximum absolute atomic E-state index is 2.46. The summed E-state index contributed by atoms with van der Waals surface area (Å²) in [6, 6.07) is 0. The molecule has 0 heterocycles. The summed E-state index contributed by atoms with van der Waals surface area (Å²) in [6.07, 6.45) is 13.2. The fourth-order valence-corrected chi connectivity index (χ4v) is 2.35. The summed E-state index contributed by atoms with van der Waals surface area (Å²) in [6.45, 7) is 2.40. The zero-order chi connectivity index (χ0) is 8.86. The van der Waals surface area contributed by atoms with E-state index in [1.165, 1.54) is 43.0 Å². The van der Waals surface area contributed by atoms with Crippen LogP contribution in [0.1, 0.15) is 45.4 Å². The molecule has 0 aliphatic heterocycles. The molecular weight excluding hydrogens is 259 g/mol. The van der Waals surface area contributed by atoms with E-state index in [1.54, 1.807) is 0 Å². The van der Waals surface area contributed by atoms with Crippen molar-refractivity contribution in [3.63, 3.8) is 0 Å². The van der Waals surface area contributed by atoms with Gasteiger partial charge >= 0.3 is 0 Å². The molecule has 1 fully saturated rings. The number of hydrogen-bond donors (Lipinski definition) is 0. The molecule has 0 spiro atoms. The Morgan fingerprint density at radius 2 is 2.00 bits per heavy atom. The highest BCUT2D eigenvalue weighted by Gasteiger charge is 2.24. The lowest BCUT2D eigenvalue weighted by molar-refractivity contribution is 0.445. The van der Waals surface area contributed by atoms with Crippen LogP contribution in [-0.2, 0) is 0 Å². The van der Waals surface area contributed by atoms with Crippen molar-refractivity contribution < 1.29 is 0 Å². The Labute approximate surface area is 90.0 Å². The Morgan fingerprint density at radius 3 is 2.58 bits per heavy atom. The van der Waals surface area contributed by atoms with Crippen molar-refractivity contribution in [2.75, 3.05) is 4.43 Å². The predicted octanol–water partition coefficient (Wildman–Crippen LogP) is 4.34. The van der Waals surface area contributed by atoms with Crippen LogP contribution in [0.25, 0.3) is 0 Å². The number of allylic oxidation sites excluding steroid dienone is 2. The van der Waals surface area contributed by atoms with Crippen LogP contribution in [0.15, 0.2) is 12.2 Å². The summed E-state index contributed by atoms with van der Waals surface area (Å²) < 4.78 is 1.29. The normalized spacial score (nSPS) is 22.2. The third-order valence-electron chi connectivity index (χ3n) is 2.77. The quantitative estimate of drug-likeness (QED) is 0.310. The van der Waals surface area contributed by atoms with Crippen molar-refractivity contribution in [2.24, 2.45) is 5.41 Å². The summed E-state index contributed by atoms with van der Waals surface area (Å²) in [5.41, 5.74) is 0.561. The van der Waals surface area contributed by atoms with Crippen molar-refractivity contribution in [2.45, 2.75) is 45.4 Å². The van der Waals surface area contributed by atoms with Crippen molar-refractivity contribution in [3.05, 3.63) is 12.2 Å². The van der Waals surface area contributed by atoms with Gasteiger partial charge in [0.15, 0.2) is 0 Å². The lowest BCUT2D eigenvalue weighted by atomic mass is 9.88. The van der Waals surface area contributed by atoms with Gasteiger partial charge in [0.1, 0.15) is 0 Å². The van der Waals surface area contributed by atoms with Gasteiger partial charge in [-0.05, 0) is 35.5 Å². The number of halogens is 1. The highest BCUT2D eigenvalue weighted by molar-refractivity contribution is 14.1. The summed E-state index contributed by atoms with van der Waals surface area (Å²) in [4.78, 5) is 0. The van der Waals surface area contributed by atoms with Crippen LogP contribution in [0, 0.1) is 5.41 Å². The molecule has 0 atom stereocenters. The highest BCUT2D eigenvalue weighted by atomic mass is 127. The molecule has 1 rings (SSSR count). The third kappa shape index (κ3) is 3.46. The van der Waals surface area contributed by atoms with E-state index in [0.717, 1.165) is 0 Å². The Bertz CT molecular complexity index is 143. The SMILES string of the molecule is CC1(/C=C\CCCI)CCCC1. The largest absolute Gasteiger partial charge is 0.0880 e. The molecule has 0 nitrogen and oxygen atoms in total. The van der Waals surface area contributed by atoms with Gasteiger partial charge in [-0.15, -0.1) is 0 Å². The zero-order valence-corrected chi connectivity index (χ0v) is 10.1. The molecular formula is C11H19I. The summed E-state index contributed by atoms with van der Waals surface area (Å²) in [7, 11) is 0. The van der Waals surface area contributed by atoms with E-state index in [4.69, 9.17) is 0 Å². The van der Waals surface area contributed by atoms with Crippen molar-refractivity contribution >= 4 is 22.6 Å². The van der Waals surface area contributed by atoms with Crippen LogP contribution in [0.5, 0.6) is 0 Å². The van der Waals surface area contributed by atoms with Gasteiger partial charge in [-0.2, -0.15) is 0 Å². The minimum absolute atomic E-state index is 0.561.